The van der Waals surface area contributed by atoms with Gasteiger partial charge in [-0.1, -0.05) is 52.6 Å². The van der Waals surface area contributed by atoms with Crippen LogP contribution in [0.2, 0.25) is 0 Å². The molecule has 0 heterocycles. The van der Waals surface area contributed by atoms with Crippen molar-refractivity contribution in [1.82, 2.24) is 0 Å². The van der Waals surface area contributed by atoms with Gasteiger partial charge < -0.3 is 4.74 Å². The van der Waals surface area contributed by atoms with Gasteiger partial charge in [-0.25, -0.2) is 0 Å². The van der Waals surface area contributed by atoms with E-state index in [9.17, 15) is 4.79 Å². The third kappa shape index (κ3) is 3.96. The van der Waals surface area contributed by atoms with Gasteiger partial charge in [-0.2, -0.15) is 0 Å². The molecule has 0 spiro atoms. The second kappa shape index (κ2) is 6.25. The molecule has 0 N–H and O–H groups in total. The zero-order chi connectivity index (χ0) is 14.0. The Morgan fingerprint density at radius 2 is 1.89 bits per heavy atom. The minimum Gasteiger partial charge on any atom is -0.465 e. The van der Waals surface area contributed by atoms with Crippen LogP contribution in [0.15, 0.2) is 0 Å². The first kappa shape index (κ1) is 16.5. The molecule has 0 aliphatic heterocycles. The molecule has 0 unspecified atom stereocenters. The third-order valence-electron chi connectivity index (χ3n) is 3.99. The van der Waals surface area contributed by atoms with Crippen molar-refractivity contribution in [3.05, 3.63) is 0 Å². The largest absolute Gasteiger partial charge is 0.465 e. The molecule has 0 saturated heterocycles. The van der Waals surface area contributed by atoms with E-state index in [2.05, 4.69) is 52.6 Å². The van der Waals surface area contributed by atoms with Crippen LogP contribution in [0.1, 0.15) is 53.4 Å². The van der Waals surface area contributed by atoms with Gasteiger partial charge in [-0.3, -0.25) is 4.79 Å². The number of hydrogen-bond donors (Lipinski definition) is 0. The number of rotatable bonds is 3. The van der Waals surface area contributed by atoms with Crippen LogP contribution in [-0.4, -0.2) is 21.7 Å². The first-order chi connectivity index (χ1) is 8.20. The Hall–Kier alpha value is 0.430. The van der Waals surface area contributed by atoms with Crippen molar-refractivity contribution in [2.24, 2.45) is 11.3 Å². The molecule has 2 nitrogen and oxygen atoms in total. The fourth-order valence-electron chi connectivity index (χ4n) is 2.64. The maximum Gasteiger partial charge on any atom is 0.321 e. The van der Waals surface area contributed by atoms with Crippen LogP contribution >= 0.6 is 31.9 Å². The quantitative estimate of drug-likeness (QED) is 0.522. The van der Waals surface area contributed by atoms with Gasteiger partial charge in [0, 0.05) is 4.32 Å². The number of carbonyl (C=O) groups excluding carboxylic acids is 1. The van der Waals surface area contributed by atoms with E-state index in [1.165, 1.54) is 0 Å². The Bertz CT molecular complexity index is 289. The van der Waals surface area contributed by atoms with Crippen molar-refractivity contribution in [1.29, 1.82) is 0 Å². The maximum absolute atomic E-state index is 11.8. The predicted octanol–water partition coefficient (Wildman–Crippen LogP) is 4.68. The predicted molar refractivity (Wildman–Crippen MR) is 82.4 cm³/mol. The van der Waals surface area contributed by atoms with Crippen LogP contribution in [0.25, 0.3) is 0 Å². The van der Waals surface area contributed by atoms with Crippen molar-refractivity contribution in [3.63, 3.8) is 0 Å². The monoisotopic (exact) mass is 382 g/mol. The van der Waals surface area contributed by atoms with Gasteiger partial charge in [-0.05, 0) is 43.9 Å². The molecule has 1 saturated carbocycles. The van der Waals surface area contributed by atoms with Crippen molar-refractivity contribution in [2.45, 2.75) is 62.5 Å². The van der Waals surface area contributed by atoms with E-state index in [0.717, 1.165) is 31.6 Å². The van der Waals surface area contributed by atoms with E-state index in [4.69, 9.17) is 4.74 Å². The molecule has 1 rings (SSSR count). The summed E-state index contributed by atoms with van der Waals surface area (Å²) in [5.74, 6) is 0.591. The van der Waals surface area contributed by atoms with E-state index in [1.807, 2.05) is 6.92 Å². The van der Waals surface area contributed by atoms with Crippen molar-refractivity contribution < 1.29 is 9.53 Å². The van der Waals surface area contributed by atoms with Gasteiger partial charge in [0.05, 0.1) is 6.61 Å². The molecule has 1 aliphatic rings. The topological polar surface area (TPSA) is 26.3 Å². The Morgan fingerprint density at radius 3 is 2.28 bits per heavy atom. The molecule has 0 aromatic heterocycles. The smallest absolute Gasteiger partial charge is 0.321 e. The molecule has 0 aromatic carbocycles. The van der Waals surface area contributed by atoms with Crippen molar-refractivity contribution in [3.8, 4) is 0 Å². The first-order valence-electron chi connectivity index (χ1n) is 6.70. The summed E-state index contributed by atoms with van der Waals surface area (Å²) in [5, 5.41) is 0. The van der Waals surface area contributed by atoms with Crippen molar-refractivity contribution >= 4 is 37.8 Å². The molecule has 1 atom stereocenters. The fourth-order valence-corrected chi connectivity index (χ4v) is 3.88. The Balaban J connectivity index is 2.61. The number of esters is 1. The number of hydrogen-bond acceptors (Lipinski definition) is 2. The summed E-state index contributed by atoms with van der Waals surface area (Å²) in [6.07, 6.45) is 4.36. The minimum atomic E-state index is -0.245. The Kier molecular flexibility index (Phi) is 5.73. The van der Waals surface area contributed by atoms with Crippen LogP contribution < -0.4 is 0 Å². The number of ether oxygens (including phenoxy) is 1. The molecule has 106 valence electrons. The number of halogens is 2. The normalized spacial score (nSPS) is 30.9. The summed E-state index contributed by atoms with van der Waals surface area (Å²) in [7, 11) is 0. The number of alkyl halides is 2. The van der Waals surface area contributed by atoms with Gasteiger partial charge in [0.2, 0.25) is 0 Å². The second-order valence-electron chi connectivity index (χ2n) is 6.29. The summed E-state index contributed by atoms with van der Waals surface area (Å²) in [5.41, 5.74) is 0.361. The molecule has 1 fully saturated rings. The summed E-state index contributed by atoms with van der Waals surface area (Å²) < 4.78 is 4.96. The summed E-state index contributed by atoms with van der Waals surface area (Å²) in [6, 6.07) is 0. The Morgan fingerprint density at radius 1 is 1.39 bits per heavy atom. The standard InChI is InChI=1S/C14H24Br2O2/c1-5-18-12(17)11(15)14(16)8-6-10(7-9-14)13(2,3)4/h10-11H,5-9H2,1-4H3/t10?,11-,14?/m0/s1. The van der Waals surface area contributed by atoms with E-state index in [-0.39, 0.29) is 15.1 Å². The highest BCUT2D eigenvalue weighted by atomic mass is 79.9. The average Bonchev–Trinajstić information content (AvgIpc) is 2.27. The molecule has 0 aromatic rings. The molecular weight excluding hydrogens is 360 g/mol. The fraction of sp³-hybridized carbons (Fsp3) is 0.929. The van der Waals surface area contributed by atoms with Crippen LogP contribution in [0.5, 0.6) is 0 Å². The molecular formula is C14H24Br2O2. The van der Waals surface area contributed by atoms with Crippen molar-refractivity contribution in [2.75, 3.05) is 6.61 Å². The highest BCUT2D eigenvalue weighted by Crippen LogP contribution is 2.48. The zero-order valence-corrected chi connectivity index (χ0v) is 14.9. The highest BCUT2D eigenvalue weighted by Gasteiger charge is 2.44. The first-order valence-corrected chi connectivity index (χ1v) is 8.41. The lowest BCUT2D eigenvalue weighted by atomic mass is 9.69. The highest BCUT2D eigenvalue weighted by molar-refractivity contribution is 9.12. The molecule has 0 amide bonds. The van der Waals surface area contributed by atoms with Crippen LogP contribution in [0.4, 0.5) is 0 Å². The van der Waals surface area contributed by atoms with Crippen LogP contribution in [0.3, 0.4) is 0 Å². The van der Waals surface area contributed by atoms with Crippen LogP contribution in [0, 0.1) is 11.3 Å². The van der Waals surface area contributed by atoms with Crippen LogP contribution in [-0.2, 0) is 9.53 Å². The molecule has 18 heavy (non-hydrogen) atoms. The van der Waals surface area contributed by atoms with E-state index in [0.29, 0.717) is 12.0 Å². The zero-order valence-electron chi connectivity index (χ0n) is 11.8. The second-order valence-corrected chi connectivity index (χ2v) is 8.78. The van der Waals surface area contributed by atoms with Gasteiger partial charge in [0.25, 0.3) is 0 Å². The minimum absolute atomic E-state index is 0.138. The van der Waals surface area contributed by atoms with E-state index >= 15 is 0 Å². The lowest BCUT2D eigenvalue weighted by molar-refractivity contribution is -0.143. The van der Waals surface area contributed by atoms with Gasteiger partial charge in [0.15, 0.2) is 0 Å². The molecule has 1 aliphatic carbocycles. The lowest BCUT2D eigenvalue weighted by Gasteiger charge is -2.42. The van der Waals surface area contributed by atoms with Gasteiger partial charge >= 0.3 is 5.97 Å². The average molecular weight is 384 g/mol. The summed E-state index contributed by atoms with van der Waals surface area (Å²) in [6.45, 7) is 9.19. The van der Waals surface area contributed by atoms with Gasteiger partial charge in [0.1, 0.15) is 4.83 Å². The summed E-state index contributed by atoms with van der Waals surface area (Å²) >= 11 is 7.29. The molecule has 0 bridgehead atoms. The molecule has 4 heteroatoms. The Labute approximate surface area is 127 Å². The SMILES string of the molecule is CCOC(=O)[C@H](Br)C1(Br)CCC(C(C)(C)C)CC1. The molecule has 0 radical (unpaired) electrons. The van der Waals surface area contributed by atoms with Gasteiger partial charge in [-0.15, -0.1) is 0 Å². The lowest BCUT2D eigenvalue weighted by Crippen LogP contribution is -2.43. The maximum atomic E-state index is 11.8. The van der Waals surface area contributed by atoms with E-state index < -0.39 is 0 Å². The third-order valence-corrected chi connectivity index (χ3v) is 7.10. The number of carbonyl (C=O) groups is 1. The van der Waals surface area contributed by atoms with E-state index in [1.54, 1.807) is 0 Å². The summed E-state index contributed by atoms with van der Waals surface area (Å²) in [4.78, 5) is 11.6.